The van der Waals surface area contributed by atoms with E-state index in [1.165, 1.54) is 24.1 Å². The molecule has 2 nitrogen and oxygen atoms in total. The summed E-state index contributed by atoms with van der Waals surface area (Å²) in [6, 6.07) is 0. The van der Waals surface area contributed by atoms with Gasteiger partial charge in [-0.15, -0.1) is 0 Å². The van der Waals surface area contributed by atoms with Crippen LogP contribution in [-0.2, 0) is 0 Å². The van der Waals surface area contributed by atoms with Gasteiger partial charge in [0.2, 0.25) is 0 Å². The average Bonchev–Trinajstić information content (AvgIpc) is 2.15. The first kappa shape index (κ1) is 13.2. The van der Waals surface area contributed by atoms with Crippen molar-refractivity contribution < 1.29 is 0 Å². The van der Waals surface area contributed by atoms with Crippen LogP contribution in [0.2, 0.25) is 0 Å². The van der Waals surface area contributed by atoms with E-state index in [1.54, 1.807) is 0 Å². The first-order valence-corrected chi connectivity index (χ1v) is 4.96. The van der Waals surface area contributed by atoms with Crippen LogP contribution in [0.1, 0.15) is 27.2 Å². The van der Waals surface area contributed by atoms with Gasteiger partial charge >= 0.3 is 0 Å². The Balaban J connectivity index is 0.00000169. The van der Waals surface area contributed by atoms with E-state index in [0.29, 0.717) is 0 Å². The van der Waals surface area contributed by atoms with Gasteiger partial charge in [0.1, 0.15) is 0 Å². The van der Waals surface area contributed by atoms with E-state index >= 15 is 0 Å². The highest BCUT2D eigenvalue weighted by atomic mass is 15.1. The zero-order chi connectivity index (χ0) is 9.68. The van der Waals surface area contributed by atoms with E-state index < -0.39 is 0 Å². The van der Waals surface area contributed by atoms with Crippen LogP contribution in [-0.4, -0.2) is 32.1 Å². The van der Waals surface area contributed by atoms with Crippen molar-refractivity contribution in [1.82, 2.24) is 10.2 Å². The number of rotatable bonds is 4. The third kappa shape index (κ3) is 3.97. The predicted molar refractivity (Wildman–Crippen MR) is 64.4 cm³/mol. The molecule has 0 aromatic rings. The summed E-state index contributed by atoms with van der Waals surface area (Å²) < 4.78 is 0. The standard InChI is InChI=1S/C11H20N2.CH4/c1-10-4-6-11(7-5-10)13(3)9-8-12-2;/h4,6,12H,5,7-9H2,1-3H3;1H4. The molecule has 82 valence electrons. The minimum atomic E-state index is 0. The summed E-state index contributed by atoms with van der Waals surface area (Å²) in [5.74, 6) is 0. The highest BCUT2D eigenvalue weighted by molar-refractivity contribution is 5.21. The maximum atomic E-state index is 3.16. The molecular weight excluding hydrogens is 172 g/mol. The summed E-state index contributed by atoms with van der Waals surface area (Å²) in [7, 11) is 4.16. The Hall–Kier alpha value is -0.760. The van der Waals surface area contributed by atoms with E-state index in [0.717, 1.165) is 13.1 Å². The number of hydrogen-bond acceptors (Lipinski definition) is 2. The van der Waals surface area contributed by atoms with Gasteiger partial charge in [0.25, 0.3) is 0 Å². The Kier molecular flexibility index (Phi) is 6.30. The first-order chi connectivity index (χ1) is 6.24. The Morgan fingerprint density at radius 2 is 2.07 bits per heavy atom. The van der Waals surface area contributed by atoms with Crippen molar-refractivity contribution in [2.24, 2.45) is 0 Å². The summed E-state index contributed by atoms with van der Waals surface area (Å²) >= 11 is 0. The third-order valence-corrected chi connectivity index (χ3v) is 2.52. The second-order valence-electron chi connectivity index (χ2n) is 3.70. The number of allylic oxidation sites excluding steroid dienone is 4. The SMILES string of the molecule is C.CNCCN(C)C1=CC=C(C)CC1. The first-order valence-electron chi connectivity index (χ1n) is 4.96. The molecule has 0 atom stereocenters. The van der Waals surface area contributed by atoms with Crippen LogP contribution in [0.25, 0.3) is 0 Å². The lowest BCUT2D eigenvalue weighted by atomic mass is 10.0. The second-order valence-corrected chi connectivity index (χ2v) is 3.70. The smallest absolute Gasteiger partial charge is 0.0296 e. The molecule has 0 bridgehead atoms. The van der Waals surface area contributed by atoms with Crippen molar-refractivity contribution in [2.75, 3.05) is 27.2 Å². The van der Waals surface area contributed by atoms with Crippen LogP contribution in [0, 0.1) is 0 Å². The molecule has 0 heterocycles. The van der Waals surface area contributed by atoms with E-state index in [2.05, 4.69) is 36.3 Å². The van der Waals surface area contributed by atoms with Crippen LogP contribution in [0.3, 0.4) is 0 Å². The number of hydrogen-bond donors (Lipinski definition) is 1. The summed E-state index contributed by atoms with van der Waals surface area (Å²) in [6.45, 7) is 4.34. The Labute approximate surface area is 88.7 Å². The summed E-state index contributed by atoms with van der Waals surface area (Å²) in [5, 5.41) is 3.16. The fourth-order valence-corrected chi connectivity index (χ4v) is 1.47. The molecule has 2 heteroatoms. The van der Waals surface area contributed by atoms with Crippen LogP contribution >= 0.6 is 0 Å². The Morgan fingerprint density at radius 1 is 1.36 bits per heavy atom. The van der Waals surface area contributed by atoms with Crippen LogP contribution in [0.5, 0.6) is 0 Å². The molecule has 14 heavy (non-hydrogen) atoms. The molecule has 0 amide bonds. The van der Waals surface area contributed by atoms with Crippen molar-refractivity contribution in [1.29, 1.82) is 0 Å². The van der Waals surface area contributed by atoms with Gasteiger partial charge in [-0.25, -0.2) is 0 Å². The average molecular weight is 196 g/mol. The summed E-state index contributed by atoms with van der Waals surface area (Å²) in [4.78, 5) is 2.33. The van der Waals surface area contributed by atoms with Crippen molar-refractivity contribution in [2.45, 2.75) is 27.2 Å². The molecular formula is C12H24N2. The van der Waals surface area contributed by atoms with E-state index in [4.69, 9.17) is 0 Å². The van der Waals surface area contributed by atoms with Gasteiger partial charge in [-0.2, -0.15) is 0 Å². The second kappa shape index (κ2) is 6.66. The largest absolute Gasteiger partial charge is 0.377 e. The van der Waals surface area contributed by atoms with E-state index in [-0.39, 0.29) is 7.43 Å². The molecule has 1 aliphatic rings. The minimum absolute atomic E-state index is 0. The highest BCUT2D eigenvalue weighted by Crippen LogP contribution is 2.19. The van der Waals surface area contributed by atoms with Crippen LogP contribution in [0.15, 0.2) is 23.4 Å². The Bertz CT molecular complexity index is 216. The molecule has 0 saturated carbocycles. The molecule has 0 fully saturated rings. The van der Waals surface area contributed by atoms with Gasteiger partial charge in [-0.3, -0.25) is 0 Å². The van der Waals surface area contributed by atoms with Gasteiger partial charge in [0.05, 0.1) is 0 Å². The van der Waals surface area contributed by atoms with Gasteiger partial charge in [-0.1, -0.05) is 19.1 Å². The maximum Gasteiger partial charge on any atom is 0.0296 e. The molecule has 1 rings (SSSR count). The van der Waals surface area contributed by atoms with E-state index in [9.17, 15) is 0 Å². The fourth-order valence-electron chi connectivity index (χ4n) is 1.47. The normalized spacial score (nSPS) is 15.4. The van der Waals surface area contributed by atoms with Crippen molar-refractivity contribution in [3.8, 4) is 0 Å². The zero-order valence-corrected chi connectivity index (χ0v) is 8.93. The summed E-state index contributed by atoms with van der Waals surface area (Å²) in [5.41, 5.74) is 2.95. The lowest BCUT2D eigenvalue weighted by molar-refractivity contribution is 0.398. The molecule has 1 aliphatic carbocycles. The Morgan fingerprint density at radius 3 is 2.57 bits per heavy atom. The third-order valence-electron chi connectivity index (χ3n) is 2.52. The number of nitrogens with one attached hydrogen (secondary N) is 1. The van der Waals surface area contributed by atoms with Gasteiger partial charge in [0, 0.05) is 25.8 Å². The van der Waals surface area contributed by atoms with Crippen molar-refractivity contribution in [3.63, 3.8) is 0 Å². The summed E-state index contributed by atoms with van der Waals surface area (Å²) in [6.07, 6.45) is 6.89. The fraction of sp³-hybridized carbons (Fsp3) is 0.667. The molecule has 0 spiro atoms. The molecule has 0 aromatic carbocycles. The quantitative estimate of drug-likeness (QED) is 0.743. The molecule has 0 saturated heterocycles. The van der Waals surface area contributed by atoms with Crippen molar-refractivity contribution in [3.05, 3.63) is 23.4 Å². The number of likely N-dealkylation sites (N-methyl/N-ethyl adjacent to an activating group) is 2. The van der Waals surface area contributed by atoms with E-state index in [1.807, 2.05) is 7.05 Å². The lowest BCUT2D eigenvalue weighted by Gasteiger charge is -2.24. The van der Waals surface area contributed by atoms with Gasteiger partial charge < -0.3 is 10.2 Å². The maximum absolute atomic E-state index is 3.16. The highest BCUT2D eigenvalue weighted by Gasteiger charge is 2.06. The topological polar surface area (TPSA) is 15.3 Å². The van der Waals surface area contributed by atoms with Crippen LogP contribution in [0.4, 0.5) is 0 Å². The van der Waals surface area contributed by atoms with Gasteiger partial charge in [0.15, 0.2) is 0 Å². The van der Waals surface area contributed by atoms with Crippen LogP contribution < -0.4 is 5.32 Å². The predicted octanol–water partition coefficient (Wildman–Crippen LogP) is 2.40. The molecule has 0 radical (unpaired) electrons. The van der Waals surface area contributed by atoms with Gasteiger partial charge in [-0.05, 0) is 32.9 Å². The zero-order valence-electron chi connectivity index (χ0n) is 8.93. The molecule has 0 unspecified atom stereocenters. The molecule has 0 aliphatic heterocycles. The monoisotopic (exact) mass is 196 g/mol. The molecule has 1 N–H and O–H groups in total. The number of nitrogens with zero attached hydrogens (tertiary/aromatic N) is 1. The minimum Gasteiger partial charge on any atom is -0.377 e. The van der Waals surface area contributed by atoms with Crippen molar-refractivity contribution >= 4 is 0 Å². The lowest BCUT2D eigenvalue weighted by Crippen LogP contribution is -2.27. The molecule has 0 aromatic heterocycles.